The molecule has 3 rings (SSSR count). The smallest absolute Gasteiger partial charge is 0.245 e. The van der Waals surface area contributed by atoms with Crippen LogP contribution in [0.25, 0.3) is 11.4 Å². The van der Waals surface area contributed by atoms with E-state index in [-0.39, 0.29) is 17.9 Å². The van der Waals surface area contributed by atoms with Crippen LogP contribution < -0.4 is 10.6 Å². The van der Waals surface area contributed by atoms with Crippen LogP contribution in [0.15, 0.2) is 18.2 Å². The van der Waals surface area contributed by atoms with Crippen molar-refractivity contribution in [3.05, 3.63) is 29.0 Å². The maximum absolute atomic E-state index is 13.9. The molecule has 1 aliphatic heterocycles. The summed E-state index contributed by atoms with van der Waals surface area (Å²) in [7, 11) is 0. The molecule has 2 heterocycles. The van der Waals surface area contributed by atoms with Gasteiger partial charge in [-0.1, -0.05) is 11.6 Å². The largest absolute Gasteiger partial charge is 0.335 e. The van der Waals surface area contributed by atoms with E-state index in [9.17, 15) is 4.39 Å². The van der Waals surface area contributed by atoms with Gasteiger partial charge in [-0.3, -0.25) is 5.10 Å². The minimum Gasteiger partial charge on any atom is -0.335 e. The van der Waals surface area contributed by atoms with E-state index < -0.39 is 0 Å². The van der Waals surface area contributed by atoms with Gasteiger partial charge in [0.1, 0.15) is 5.82 Å². The number of H-pyrrole nitrogens is 1. The lowest BCUT2D eigenvalue weighted by Gasteiger charge is -2.36. The molecular weight excluding hydrogens is 293 g/mol. The van der Waals surface area contributed by atoms with Crippen LogP contribution in [0, 0.1) is 5.82 Å². The summed E-state index contributed by atoms with van der Waals surface area (Å²) in [6.45, 7) is 2.91. The van der Waals surface area contributed by atoms with Crippen molar-refractivity contribution in [1.82, 2.24) is 15.2 Å². The number of nitrogens with one attached hydrogen (secondary N) is 1. The Morgan fingerprint density at radius 3 is 3.10 bits per heavy atom. The van der Waals surface area contributed by atoms with Crippen molar-refractivity contribution < 1.29 is 4.39 Å². The summed E-state index contributed by atoms with van der Waals surface area (Å²) in [6.07, 6.45) is 2.00. The summed E-state index contributed by atoms with van der Waals surface area (Å²) in [5.74, 6) is 0.536. The minimum atomic E-state index is -0.384. The van der Waals surface area contributed by atoms with Gasteiger partial charge in [0.05, 0.1) is 5.56 Å². The highest BCUT2D eigenvalue weighted by Gasteiger charge is 2.28. The second kappa shape index (κ2) is 5.61. The highest BCUT2D eigenvalue weighted by Crippen LogP contribution is 2.26. The summed E-state index contributed by atoms with van der Waals surface area (Å²) in [4.78, 5) is 6.45. The molecule has 0 spiro atoms. The molecule has 3 N–H and O–H groups in total. The fourth-order valence-electron chi connectivity index (χ4n) is 2.64. The Kier molecular flexibility index (Phi) is 3.82. The van der Waals surface area contributed by atoms with Gasteiger partial charge < -0.3 is 10.6 Å². The summed E-state index contributed by atoms with van der Waals surface area (Å²) < 4.78 is 13.9. The van der Waals surface area contributed by atoms with Gasteiger partial charge in [0.2, 0.25) is 5.95 Å². The Morgan fingerprint density at radius 2 is 2.29 bits per heavy atom. The zero-order valence-electron chi connectivity index (χ0n) is 11.7. The monoisotopic (exact) mass is 309 g/mol. The molecule has 1 fully saturated rings. The van der Waals surface area contributed by atoms with Gasteiger partial charge in [-0.2, -0.15) is 4.98 Å². The molecule has 2 aromatic rings. The highest BCUT2D eigenvalue weighted by atomic mass is 35.5. The van der Waals surface area contributed by atoms with Gasteiger partial charge in [-0.05, 0) is 38.0 Å². The lowest BCUT2D eigenvalue weighted by Crippen LogP contribution is -2.50. The molecule has 5 nitrogen and oxygen atoms in total. The molecule has 7 heteroatoms. The number of anilines is 1. The first kappa shape index (κ1) is 14.3. The van der Waals surface area contributed by atoms with E-state index >= 15 is 0 Å². The molecule has 2 unspecified atom stereocenters. The normalized spacial score (nSPS) is 22.6. The predicted molar refractivity (Wildman–Crippen MR) is 80.8 cm³/mol. The number of halogens is 2. The Hall–Kier alpha value is -1.66. The third-order valence-electron chi connectivity index (χ3n) is 3.96. The second-order valence-electron chi connectivity index (χ2n) is 5.35. The fraction of sp³-hybridized carbons (Fsp3) is 0.429. The quantitative estimate of drug-likeness (QED) is 0.894. The van der Waals surface area contributed by atoms with Crippen LogP contribution in [0.4, 0.5) is 10.3 Å². The summed E-state index contributed by atoms with van der Waals surface area (Å²) >= 11 is 5.91. The number of benzene rings is 1. The number of aromatic nitrogens is 3. The van der Waals surface area contributed by atoms with E-state index in [0.717, 1.165) is 19.4 Å². The maximum atomic E-state index is 13.9. The van der Waals surface area contributed by atoms with Crippen LogP contribution in [0.2, 0.25) is 5.02 Å². The van der Waals surface area contributed by atoms with E-state index in [0.29, 0.717) is 22.4 Å². The van der Waals surface area contributed by atoms with Crippen LogP contribution in [0.5, 0.6) is 0 Å². The number of hydrogen-bond donors (Lipinski definition) is 2. The van der Waals surface area contributed by atoms with Crippen molar-refractivity contribution in [1.29, 1.82) is 0 Å². The SMILES string of the molecule is CC1C(N)CCCN1c1n[nH]c(-c2cc(Cl)ccc2F)n1. The molecule has 1 aliphatic rings. The first-order chi connectivity index (χ1) is 10.1. The second-order valence-corrected chi connectivity index (χ2v) is 5.78. The molecule has 0 bridgehead atoms. The van der Waals surface area contributed by atoms with Crippen LogP contribution in [0.1, 0.15) is 19.8 Å². The van der Waals surface area contributed by atoms with Gasteiger partial charge >= 0.3 is 0 Å². The zero-order chi connectivity index (χ0) is 15.0. The van der Waals surface area contributed by atoms with E-state index in [4.69, 9.17) is 17.3 Å². The Bertz CT molecular complexity index is 644. The molecule has 0 saturated carbocycles. The van der Waals surface area contributed by atoms with E-state index in [1.807, 2.05) is 0 Å². The number of hydrogen-bond acceptors (Lipinski definition) is 4. The lowest BCUT2D eigenvalue weighted by atomic mass is 9.99. The van der Waals surface area contributed by atoms with Crippen LogP contribution >= 0.6 is 11.6 Å². The highest BCUT2D eigenvalue weighted by molar-refractivity contribution is 6.30. The first-order valence-corrected chi connectivity index (χ1v) is 7.34. The van der Waals surface area contributed by atoms with E-state index in [1.165, 1.54) is 18.2 Å². The molecular formula is C14H17ClFN5. The average Bonchev–Trinajstić information content (AvgIpc) is 2.94. The Labute approximate surface area is 127 Å². The van der Waals surface area contributed by atoms with Crippen molar-refractivity contribution in [3.63, 3.8) is 0 Å². The first-order valence-electron chi connectivity index (χ1n) is 6.96. The van der Waals surface area contributed by atoms with Crippen molar-refractivity contribution in [2.45, 2.75) is 31.8 Å². The zero-order valence-corrected chi connectivity index (χ0v) is 12.4. The lowest BCUT2D eigenvalue weighted by molar-refractivity contribution is 0.416. The van der Waals surface area contributed by atoms with Crippen molar-refractivity contribution in [2.24, 2.45) is 5.73 Å². The van der Waals surface area contributed by atoms with Gasteiger partial charge in [0.15, 0.2) is 5.82 Å². The van der Waals surface area contributed by atoms with Gasteiger partial charge in [0.25, 0.3) is 0 Å². The van der Waals surface area contributed by atoms with E-state index in [1.54, 1.807) is 0 Å². The predicted octanol–water partition coefficient (Wildman–Crippen LogP) is 2.58. The van der Waals surface area contributed by atoms with E-state index in [2.05, 4.69) is 27.0 Å². The topological polar surface area (TPSA) is 70.8 Å². The van der Waals surface area contributed by atoms with Crippen molar-refractivity contribution in [3.8, 4) is 11.4 Å². The molecule has 1 aromatic carbocycles. The van der Waals surface area contributed by atoms with Gasteiger partial charge in [-0.15, -0.1) is 5.10 Å². The number of aromatic amines is 1. The average molecular weight is 310 g/mol. The molecule has 1 aromatic heterocycles. The third kappa shape index (κ3) is 2.73. The molecule has 112 valence electrons. The number of piperidine rings is 1. The minimum absolute atomic E-state index is 0.101. The van der Waals surface area contributed by atoms with Crippen LogP contribution in [-0.4, -0.2) is 33.8 Å². The van der Waals surface area contributed by atoms with Crippen LogP contribution in [0.3, 0.4) is 0 Å². The van der Waals surface area contributed by atoms with Crippen molar-refractivity contribution >= 4 is 17.5 Å². The molecule has 0 radical (unpaired) electrons. The summed E-state index contributed by atoms with van der Waals surface area (Å²) in [5, 5.41) is 7.43. The summed E-state index contributed by atoms with van der Waals surface area (Å²) in [5.41, 5.74) is 6.40. The van der Waals surface area contributed by atoms with Crippen LogP contribution in [-0.2, 0) is 0 Å². The maximum Gasteiger partial charge on any atom is 0.245 e. The standard InChI is InChI=1S/C14H17ClFN5/c1-8-12(17)3-2-6-21(8)14-18-13(19-20-14)10-7-9(15)4-5-11(10)16/h4-5,7-8,12H,2-3,6,17H2,1H3,(H,18,19,20). The van der Waals surface area contributed by atoms with Crippen molar-refractivity contribution in [2.75, 3.05) is 11.4 Å². The summed E-state index contributed by atoms with van der Waals surface area (Å²) in [6, 6.07) is 4.62. The Morgan fingerprint density at radius 1 is 1.48 bits per heavy atom. The number of nitrogens with zero attached hydrogens (tertiary/aromatic N) is 3. The molecule has 2 atom stereocenters. The van der Waals surface area contributed by atoms with Gasteiger partial charge in [0, 0.05) is 23.7 Å². The third-order valence-corrected chi connectivity index (χ3v) is 4.20. The molecule has 0 amide bonds. The molecule has 21 heavy (non-hydrogen) atoms. The molecule has 0 aliphatic carbocycles. The molecule has 1 saturated heterocycles. The number of rotatable bonds is 2. The van der Waals surface area contributed by atoms with Gasteiger partial charge in [-0.25, -0.2) is 4.39 Å². The number of nitrogens with two attached hydrogens (primary N) is 1. The Balaban J connectivity index is 1.91. The fourth-order valence-corrected chi connectivity index (χ4v) is 2.81.